The lowest BCUT2D eigenvalue weighted by molar-refractivity contribution is 0.0949. The van der Waals surface area contributed by atoms with E-state index in [0.29, 0.717) is 18.5 Å². The normalized spacial score (nSPS) is 12.2. The van der Waals surface area contributed by atoms with Crippen LogP contribution in [0, 0.1) is 6.92 Å². The van der Waals surface area contributed by atoms with Gasteiger partial charge in [-0.2, -0.15) is 10.2 Å². The molecule has 5 nitrogen and oxygen atoms in total. The van der Waals surface area contributed by atoms with E-state index in [-0.39, 0.29) is 11.9 Å². The number of carbonyl (C=O) groups is 1. The second kappa shape index (κ2) is 6.30. The summed E-state index contributed by atoms with van der Waals surface area (Å²) in [4.78, 5) is 12.0. The Labute approximate surface area is 102 Å². The number of aromatic nitrogens is 2. The molecule has 94 valence electrons. The molecule has 2 N–H and O–H groups in total. The van der Waals surface area contributed by atoms with Crippen LogP contribution in [0.15, 0.2) is 6.07 Å². The maximum Gasteiger partial charge on any atom is 0.253 e. The Balaban J connectivity index is 2.77. The average Bonchev–Trinajstić information content (AvgIpc) is 2.35. The summed E-state index contributed by atoms with van der Waals surface area (Å²) in [5, 5.41) is 14.0. The first-order chi connectivity index (χ1) is 8.08. The van der Waals surface area contributed by atoms with Crippen LogP contribution in [0.3, 0.4) is 0 Å². The summed E-state index contributed by atoms with van der Waals surface area (Å²) < 4.78 is 0. The zero-order valence-electron chi connectivity index (χ0n) is 10.9. The summed E-state index contributed by atoms with van der Waals surface area (Å²) in [6.45, 7) is 6.41. The molecule has 17 heavy (non-hydrogen) atoms. The van der Waals surface area contributed by atoms with Gasteiger partial charge in [0.25, 0.3) is 5.91 Å². The number of carbonyl (C=O) groups excluding carboxylic acids is 1. The van der Waals surface area contributed by atoms with Crippen LogP contribution in [0.5, 0.6) is 0 Å². The van der Waals surface area contributed by atoms with Gasteiger partial charge in [-0.3, -0.25) is 4.79 Å². The number of amides is 1. The Kier molecular flexibility index (Phi) is 5.03. The molecule has 0 radical (unpaired) electrons. The summed E-state index contributed by atoms with van der Waals surface area (Å²) in [7, 11) is 1.87. The molecule has 0 aromatic carbocycles. The SMILES string of the molecule is CCc1nnc(C)cc1C(=O)NCC(C)NC. The van der Waals surface area contributed by atoms with Gasteiger partial charge in [-0.25, -0.2) is 0 Å². The molecule has 1 atom stereocenters. The van der Waals surface area contributed by atoms with Crippen molar-refractivity contribution in [1.29, 1.82) is 0 Å². The van der Waals surface area contributed by atoms with E-state index in [1.807, 2.05) is 27.8 Å². The van der Waals surface area contributed by atoms with Crippen molar-refractivity contribution in [2.24, 2.45) is 0 Å². The number of nitrogens with one attached hydrogen (secondary N) is 2. The molecule has 0 spiro atoms. The lowest BCUT2D eigenvalue weighted by Crippen LogP contribution is -2.37. The maximum absolute atomic E-state index is 12.0. The van der Waals surface area contributed by atoms with E-state index in [9.17, 15) is 4.79 Å². The minimum atomic E-state index is -0.0815. The highest BCUT2D eigenvalue weighted by Gasteiger charge is 2.13. The van der Waals surface area contributed by atoms with E-state index in [0.717, 1.165) is 11.4 Å². The minimum Gasteiger partial charge on any atom is -0.350 e. The van der Waals surface area contributed by atoms with E-state index in [4.69, 9.17) is 0 Å². The summed E-state index contributed by atoms with van der Waals surface area (Å²) in [5.41, 5.74) is 2.13. The van der Waals surface area contributed by atoms with Crippen LogP contribution in [0.4, 0.5) is 0 Å². The van der Waals surface area contributed by atoms with E-state index < -0.39 is 0 Å². The third kappa shape index (κ3) is 3.78. The highest BCUT2D eigenvalue weighted by molar-refractivity contribution is 5.95. The fraction of sp³-hybridized carbons (Fsp3) is 0.583. The van der Waals surface area contributed by atoms with Gasteiger partial charge in [0.1, 0.15) is 0 Å². The number of rotatable bonds is 5. The molecule has 0 bridgehead atoms. The van der Waals surface area contributed by atoms with Crippen molar-refractivity contribution in [3.05, 3.63) is 23.0 Å². The number of aryl methyl sites for hydroxylation is 2. The molecule has 1 unspecified atom stereocenters. The smallest absolute Gasteiger partial charge is 0.253 e. The molecular weight excluding hydrogens is 216 g/mol. The van der Waals surface area contributed by atoms with Crippen molar-refractivity contribution in [2.75, 3.05) is 13.6 Å². The van der Waals surface area contributed by atoms with Crippen LogP contribution in [-0.4, -0.2) is 35.7 Å². The lowest BCUT2D eigenvalue weighted by atomic mass is 10.1. The third-order valence-electron chi connectivity index (χ3n) is 2.63. The zero-order valence-corrected chi connectivity index (χ0v) is 10.9. The molecule has 0 fully saturated rings. The molecule has 0 aliphatic carbocycles. The van der Waals surface area contributed by atoms with Gasteiger partial charge in [0.05, 0.1) is 17.0 Å². The quantitative estimate of drug-likeness (QED) is 0.789. The average molecular weight is 236 g/mol. The van der Waals surface area contributed by atoms with Gasteiger partial charge >= 0.3 is 0 Å². The highest BCUT2D eigenvalue weighted by atomic mass is 16.1. The Morgan fingerprint density at radius 3 is 2.76 bits per heavy atom. The monoisotopic (exact) mass is 236 g/mol. The molecule has 1 aromatic heterocycles. The minimum absolute atomic E-state index is 0.0815. The Morgan fingerprint density at radius 2 is 2.18 bits per heavy atom. The van der Waals surface area contributed by atoms with E-state index in [1.54, 1.807) is 6.07 Å². The second-order valence-corrected chi connectivity index (χ2v) is 4.10. The Hall–Kier alpha value is -1.49. The van der Waals surface area contributed by atoms with Crippen LogP contribution >= 0.6 is 0 Å². The summed E-state index contributed by atoms with van der Waals surface area (Å²) in [6.07, 6.45) is 0.706. The van der Waals surface area contributed by atoms with Crippen molar-refractivity contribution in [3.63, 3.8) is 0 Å². The first-order valence-electron chi connectivity index (χ1n) is 5.87. The maximum atomic E-state index is 12.0. The molecule has 1 rings (SSSR count). The first kappa shape index (κ1) is 13.6. The van der Waals surface area contributed by atoms with Crippen LogP contribution in [0.1, 0.15) is 35.6 Å². The van der Waals surface area contributed by atoms with Gasteiger partial charge in [-0.1, -0.05) is 6.92 Å². The Morgan fingerprint density at radius 1 is 1.47 bits per heavy atom. The molecule has 0 saturated heterocycles. The topological polar surface area (TPSA) is 66.9 Å². The molecule has 0 aliphatic rings. The van der Waals surface area contributed by atoms with Crippen molar-refractivity contribution in [1.82, 2.24) is 20.8 Å². The third-order valence-corrected chi connectivity index (χ3v) is 2.63. The second-order valence-electron chi connectivity index (χ2n) is 4.10. The summed E-state index contributed by atoms with van der Waals surface area (Å²) in [5.74, 6) is -0.0815. The molecule has 1 amide bonds. The molecule has 1 aromatic rings. The van der Waals surface area contributed by atoms with Crippen molar-refractivity contribution in [2.45, 2.75) is 33.2 Å². The van der Waals surface area contributed by atoms with Gasteiger partial charge < -0.3 is 10.6 Å². The van der Waals surface area contributed by atoms with Crippen LogP contribution < -0.4 is 10.6 Å². The van der Waals surface area contributed by atoms with E-state index >= 15 is 0 Å². The highest BCUT2D eigenvalue weighted by Crippen LogP contribution is 2.07. The fourth-order valence-electron chi connectivity index (χ4n) is 1.41. The summed E-state index contributed by atoms with van der Waals surface area (Å²) >= 11 is 0. The van der Waals surface area contributed by atoms with E-state index in [2.05, 4.69) is 20.8 Å². The number of likely N-dealkylation sites (N-methyl/N-ethyl adjacent to an activating group) is 1. The van der Waals surface area contributed by atoms with Gasteiger partial charge in [0.2, 0.25) is 0 Å². The predicted octanol–water partition coefficient (Wildman–Crippen LogP) is 0.685. The number of hydrogen-bond donors (Lipinski definition) is 2. The van der Waals surface area contributed by atoms with Crippen LogP contribution in [0.25, 0.3) is 0 Å². The van der Waals surface area contributed by atoms with Crippen LogP contribution in [0.2, 0.25) is 0 Å². The van der Waals surface area contributed by atoms with Gasteiger partial charge in [0.15, 0.2) is 0 Å². The first-order valence-corrected chi connectivity index (χ1v) is 5.87. The van der Waals surface area contributed by atoms with Crippen molar-refractivity contribution < 1.29 is 4.79 Å². The number of nitrogens with zero attached hydrogens (tertiary/aromatic N) is 2. The molecule has 5 heteroatoms. The van der Waals surface area contributed by atoms with Gasteiger partial charge in [-0.05, 0) is 33.4 Å². The molecule has 0 aliphatic heterocycles. The lowest BCUT2D eigenvalue weighted by Gasteiger charge is -2.12. The largest absolute Gasteiger partial charge is 0.350 e. The van der Waals surface area contributed by atoms with Crippen LogP contribution in [-0.2, 0) is 6.42 Å². The molecule has 1 heterocycles. The number of hydrogen-bond acceptors (Lipinski definition) is 4. The zero-order chi connectivity index (χ0) is 12.8. The standard InChI is InChI=1S/C12H20N4O/c1-5-11-10(6-8(2)15-16-11)12(17)14-7-9(3)13-4/h6,9,13H,5,7H2,1-4H3,(H,14,17). The Bertz CT molecular complexity index is 392. The molecule has 0 saturated carbocycles. The molecular formula is C12H20N4O. The van der Waals surface area contributed by atoms with Crippen molar-refractivity contribution >= 4 is 5.91 Å². The summed E-state index contributed by atoms with van der Waals surface area (Å²) in [6, 6.07) is 2.03. The van der Waals surface area contributed by atoms with Crippen molar-refractivity contribution in [3.8, 4) is 0 Å². The van der Waals surface area contributed by atoms with E-state index in [1.165, 1.54) is 0 Å². The van der Waals surface area contributed by atoms with Gasteiger partial charge in [-0.15, -0.1) is 0 Å². The predicted molar refractivity (Wildman–Crippen MR) is 67.0 cm³/mol. The van der Waals surface area contributed by atoms with Gasteiger partial charge in [0, 0.05) is 12.6 Å². The fourth-order valence-corrected chi connectivity index (χ4v) is 1.41.